The first-order chi connectivity index (χ1) is 15.3. The van der Waals surface area contributed by atoms with Gasteiger partial charge >= 0.3 is 6.18 Å². The van der Waals surface area contributed by atoms with Gasteiger partial charge in [-0.2, -0.15) is 18.4 Å². The van der Waals surface area contributed by atoms with Crippen molar-refractivity contribution in [1.82, 2.24) is 21.1 Å². The molecule has 3 fully saturated rings. The van der Waals surface area contributed by atoms with Crippen LogP contribution in [-0.4, -0.2) is 48.4 Å². The van der Waals surface area contributed by atoms with Crippen LogP contribution in [-0.2, 0) is 4.79 Å². The minimum absolute atomic E-state index is 0.0252. The fourth-order valence-electron chi connectivity index (χ4n) is 4.95. The lowest BCUT2D eigenvalue weighted by atomic mass is 9.90. The van der Waals surface area contributed by atoms with E-state index >= 15 is 0 Å². The maximum Gasteiger partial charge on any atom is 0.407 e. The zero-order chi connectivity index (χ0) is 22.9. The molecule has 0 aromatic heterocycles. The van der Waals surface area contributed by atoms with Gasteiger partial charge in [0.15, 0.2) is 0 Å². The Morgan fingerprint density at radius 3 is 2.56 bits per heavy atom. The van der Waals surface area contributed by atoms with Gasteiger partial charge in [0.25, 0.3) is 0 Å². The number of nitrogens with one attached hydrogen (secondary N) is 4. The summed E-state index contributed by atoms with van der Waals surface area (Å²) < 4.78 is 40.0. The highest BCUT2D eigenvalue weighted by atomic mass is 19.4. The summed E-state index contributed by atoms with van der Waals surface area (Å²) in [6, 6.07) is 6.72. The molecule has 2 heterocycles. The number of carbonyl (C=O) groups excluding carboxylic acids is 1. The number of carbonyl (C=O) groups is 1. The summed E-state index contributed by atoms with van der Waals surface area (Å²) in [7, 11) is 0. The van der Waals surface area contributed by atoms with E-state index in [1.807, 2.05) is 0 Å². The summed E-state index contributed by atoms with van der Waals surface area (Å²) in [4.78, 5) is 12.7. The fourth-order valence-corrected chi connectivity index (χ4v) is 4.95. The number of amides is 1. The van der Waals surface area contributed by atoms with Gasteiger partial charge in [-0.25, -0.2) is 10.4 Å². The molecule has 2 saturated heterocycles. The number of benzene rings is 1. The zero-order valence-corrected chi connectivity index (χ0v) is 18.0. The third kappa shape index (κ3) is 4.70. The van der Waals surface area contributed by atoms with Crippen molar-refractivity contribution in [3.05, 3.63) is 29.8 Å². The molecule has 4 N–H and O–H groups in total. The van der Waals surface area contributed by atoms with Crippen LogP contribution in [0.1, 0.15) is 44.2 Å². The Kier molecular flexibility index (Phi) is 6.60. The van der Waals surface area contributed by atoms with Gasteiger partial charge in [0.05, 0.1) is 18.4 Å². The Bertz CT molecular complexity index is 851. The first-order valence-corrected chi connectivity index (χ1v) is 11.2. The van der Waals surface area contributed by atoms with Gasteiger partial charge in [-0.3, -0.25) is 4.79 Å². The van der Waals surface area contributed by atoms with Crippen LogP contribution in [0.3, 0.4) is 0 Å². The summed E-state index contributed by atoms with van der Waals surface area (Å²) in [5.41, 5.74) is 4.19. The number of nitrogens with zero attached hydrogens (tertiary/aromatic N) is 2. The Labute approximate surface area is 185 Å². The molecular formula is C22H29F3N6O. The second kappa shape index (κ2) is 9.25. The number of hydrogen-bond acceptors (Lipinski definition) is 6. The molecule has 10 heteroatoms. The smallest absolute Gasteiger partial charge is 0.368 e. The number of rotatable bonds is 8. The summed E-state index contributed by atoms with van der Waals surface area (Å²) in [5, 5.41) is 20.1. The molecule has 1 aromatic carbocycles. The van der Waals surface area contributed by atoms with E-state index in [4.69, 9.17) is 0 Å². The van der Waals surface area contributed by atoms with Gasteiger partial charge in [0.2, 0.25) is 5.91 Å². The van der Waals surface area contributed by atoms with Crippen molar-refractivity contribution in [2.24, 2.45) is 11.8 Å². The van der Waals surface area contributed by atoms with Gasteiger partial charge < -0.3 is 16.0 Å². The summed E-state index contributed by atoms with van der Waals surface area (Å²) in [6.45, 7) is 2.43. The lowest BCUT2D eigenvalue weighted by Gasteiger charge is -2.34. The van der Waals surface area contributed by atoms with Crippen LogP contribution in [0, 0.1) is 23.2 Å². The standard InChI is InChI=1S/C22H29F3N6O/c1-2-27-19(22(23,24)25)14-5-7-15(8-6-14)29-20-18-17(10-12-28-21(18)32)31(30-20)16(9-11-26)13-3-4-13/h5-8,13,16-20,27,29-30H,2-4,9-10,12H2,1H3,(H,28,32)/t16-,17?,18?,19?,20?/m0/s1. The third-order valence-electron chi connectivity index (χ3n) is 6.59. The largest absolute Gasteiger partial charge is 0.407 e. The van der Waals surface area contributed by atoms with Crippen LogP contribution in [0.4, 0.5) is 18.9 Å². The Balaban J connectivity index is 1.51. The summed E-state index contributed by atoms with van der Waals surface area (Å²) >= 11 is 0. The maximum absolute atomic E-state index is 13.3. The molecule has 2 aliphatic heterocycles. The molecule has 32 heavy (non-hydrogen) atoms. The predicted octanol–water partition coefficient (Wildman–Crippen LogP) is 2.65. The summed E-state index contributed by atoms with van der Waals surface area (Å²) in [5.74, 6) is 0.0467. The monoisotopic (exact) mass is 450 g/mol. The van der Waals surface area contributed by atoms with E-state index in [-0.39, 0.29) is 36.0 Å². The Morgan fingerprint density at radius 2 is 1.97 bits per heavy atom. The Morgan fingerprint density at radius 1 is 1.25 bits per heavy atom. The molecule has 0 spiro atoms. The van der Waals surface area contributed by atoms with Gasteiger partial charge in [0, 0.05) is 24.3 Å². The third-order valence-corrected chi connectivity index (χ3v) is 6.59. The number of nitriles is 1. The van der Waals surface area contributed by atoms with E-state index in [0.717, 1.165) is 19.3 Å². The van der Waals surface area contributed by atoms with E-state index in [2.05, 4.69) is 32.5 Å². The highest BCUT2D eigenvalue weighted by molar-refractivity contribution is 5.82. The molecule has 4 rings (SSSR count). The van der Waals surface area contributed by atoms with E-state index in [1.54, 1.807) is 19.1 Å². The second-order valence-corrected chi connectivity index (χ2v) is 8.75. The van der Waals surface area contributed by atoms with Gasteiger partial charge in [-0.05, 0) is 49.4 Å². The van der Waals surface area contributed by atoms with Crippen molar-refractivity contribution < 1.29 is 18.0 Å². The predicted molar refractivity (Wildman–Crippen MR) is 113 cm³/mol. The quantitative estimate of drug-likeness (QED) is 0.487. The lowest BCUT2D eigenvalue weighted by Crippen LogP contribution is -2.52. The highest BCUT2D eigenvalue weighted by Gasteiger charge is 2.52. The van der Waals surface area contributed by atoms with Crippen LogP contribution in [0.15, 0.2) is 24.3 Å². The zero-order valence-electron chi connectivity index (χ0n) is 18.0. The minimum Gasteiger partial charge on any atom is -0.368 e. The van der Waals surface area contributed by atoms with Crippen molar-refractivity contribution in [1.29, 1.82) is 5.26 Å². The number of hydrazine groups is 1. The number of piperidine rings is 1. The molecule has 1 saturated carbocycles. The SMILES string of the molecule is CCNC(c1ccc(NC2NN([C@@H](CC#N)C3CC3)C3CCNC(=O)C23)cc1)C(F)(F)F. The number of anilines is 1. The fraction of sp³-hybridized carbons (Fsp3) is 0.636. The molecule has 5 atom stereocenters. The second-order valence-electron chi connectivity index (χ2n) is 8.75. The molecule has 1 aliphatic carbocycles. The van der Waals surface area contributed by atoms with Crippen molar-refractivity contribution in [3.8, 4) is 6.07 Å². The number of hydrogen-bond donors (Lipinski definition) is 4. The topological polar surface area (TPSA) is 92.2 Å². The molecule has 174 valence electrons. The lowest BCUT2D eigenvalue weighted by molar-refractivity contribution is -0.157. The molecular weight excluding hydrogens is 421 g/mol. The minimum atomic E-state index is -4.38. The van der Waals surface area contributed by atoms with Gasteiger partial charge in [-0.1, -0.05) is 19.1 Å². The van der Waals surface area contributed by atoms with E-state index < -0.39 is 18.4 Å². The van der Waals surface area contributed by atoms with Crippen LogP contribution in [0.2, 0.25) is 0 Å². The average molecular weight is 451 g/mol. The molecule has 1 amide bonds. The van der Waals surface area contributed by atoms with Crippen molar-refractivity contribution in [2.75, 3.05) is 18.4 Å². The molecule has 4 unspecified atom stereocenters. The van der Waals surface area contributed by atoms with E-state index in [1.165, 1.54) is 12.1 Å². The number of halogens is 3. The summed E-state index contributed by atoms with van der Waals surface area (Å²) in [6.07, 6.45) is -1.44. The maximum atomic E-state index is 13.3. The van der Waals surface area contributed by atoms with E-state index in [9.17, 15) is 23.2 Å². The molecule has 7 nitrogen and oxygen atoms in total. The van der Waals surface area contributed by atoms with E-state index in [0.29, 0.717) is 24.6 Å². The molecule has 3 aliphatic rings. The van der Waals surface area contributed by atoms with Crippen LogP contribution in [0.25, 0.3) is 0 Å². The first-order valence-electron chi connectivity index (χ1n) is 11.2. The molecule has 1 aromatic rings. The van der Waals surface area contributed by atoms with Crippen LogP contribution in [0.5, 0.6) is 0 Å². The van der Waals surface area contributed by atoms with Crippen molar-refractivity contribution in [3.63, 3.8) is 0 Å². The molecule has 0 bridgehead atoms. The Hall–Kier alpha value is -2.35. The normalized spacial score (nSPS) is 27.8. The first kappa shape index (κ1) is 22.8. The highest BCUT2D eigenvalue weighted by Crippen LogP contribution is 2.41. The molecule has 0 radical (unpaired) electrons. The number of alkyl halides is 3. The van der Waals surface area contributed by atoms with Crippen molar-refractivity contribution in [2.45, 2.75) is 63.1 Å². The van der Waals surface area contributed by atoms with Crippen molar-refractivity contribution >= 4 is 11.6 Å². The average Bonchev–Trinajstić information content (AvgIpc) is 3.53. The van der Waals surface area contributed by atoms with Crippen LogP contribution < -0.4 is 21.4 Å². The van der Waals surface area contributed by atoms with Gasteiger partial charge in [0.1, 0.15) is 12.2 Å². The van der Waals surface area contributed by atoms with Crippen LogP contribution >= 0.6 is 0 Å². The van der Waals surface area contributed by atoms with Gasteiger partial charge in [-0.15, -0.1) is 0 Å². The number of fused-ring (bicyclic) bond motifs is 1.